The van der Waals surface area contributed by atoms with Crippen molar-refractivity contribution in [2.45, 2.75) is 33.1 Å². The molecule has 0 bridgehead atoms. The van der Waals surface area contributed by atoms with E-state index in [1.54, 1.807) is 0 Å². The smallest absolute Gasteiger partial charge is 0.151 e. The van der Waals surface area contributed by atoms with Crippen LogP contribution in [0.2, 0.25) is 0 Å². The molecule has 0 aromatic carbocycles. The van der Waals surface area contributed by atoms with E-state index in [4.69, 9.17) is 0 Å². The second-order valence-corrected chi connectivity index (χ2v) is 7.13. The molecule has 0 unspecified atom stereocenters. The third-order valence-corrected chi connectivity index (χ3v) is 4.65. The Bertz CT molecular complexity index is 255. The van der Waals surface area contributed by atoms with Crippen LogP contribution in [0.25, 0.3) is 0 Å². The number of unbranched alkanes of at least 4 members (excludes halogenated alkanes) is 1. The second kappa shape index (κ2) is 9.42. The highest BCUT2D eigenvalue weighted by Gasteiger charge is 2.12. The molecule has 0 atom stereocenters. The molecular weight excluding hydrogens is 290 g/mol. The Morgan fingerprint density at radius 1 is 1.00 bits per heavy atom. The van der Waals surface area contributed by atoms with Crippen LogP contribution in [0.5, 0.6) is 0 Å². The normalized spacial score (nSPS) is 12.2. The fraction of sp³-hybridized carbons (Fsp3) is 1.00. The Hall–Kier alpha value is 0.390. The summed E-state index contributed by atoms with van der Waals surface area (Å²) >= 11 is 3.40. The molecule has 0 saturated carbocycles. The molecule has 0 radical (unpaired) electrons. The zero-order valence-corrected chi connectivity index (χ0v) is 12.8. The number of alkyl halides is 1. The topological polar surface area (TPSA) is 37.4 Å². The highest BCUT2D eigenvalue weighted by atomic mass is 79.9. The van der Waals surface area contributed by atoms with Crippen molar-refractivity contribution in [1.82, 2.24) is 4.90 Å². The summed E-state index contributed by atoms with van der Waals surface area (Å²) < 4.78 is 23.1. The largest absolute Gasteiger partial charge is 0.301 e. The first-order chi connectivity index (χ1) is 7.55. The molecule has 98 valence electrons. The second-order valence-electron chi connectivity index (χ2n) is 4.04. The molecule has 16 heavy (non-hydrogen) atoms. The fourth-order valence-corrected chi connectivity index (χ4v) is 3.38. The third-order valence-electron chi connectivity index (χ3n) is 2.46. The first-order valence-corrected chi connectivity index (χ1v) is 8.98. The molecule has 0 fully saturated rings. The molecule has 0 aliphatic heterocycles. The first-order valence-electron chi connectivity index (χ1n) is 6.04. The van der Waals surface area contributed by atoms with Crippen molar-refractivity contribution < 1.29 is 8.42 Å². The molecule has 0 aromatic rings. The Labute approximate surface area is 109 Å². The van der Waals surface area contributed by atoms with E-state index in [2.05, 4.69) is 27.8 Å². The summed E-state index contributed by atoms with van der Waals surface area (Å²) in [6, 6.07) is 0. The average molecular weight is 314 g/mol. The van der Waals surface area contributed by atoms with E-state index in [0.717, 1.165) is 37.7 Å². The van der Waals surface area contributed by atoms with Crippen LogP contribution in [-0.4, -0.2) is 49.8 Å². The molecule has 0 saturated heterocycles. The average Bonchev–Trinajstić information content (AvgIpc) is 2.22. The zero-order chi connectivity index (χ0) is 12.4. The van der Waals surface area contributed by atoms with Gasteiger partial charge in [-0.1, -0.05) is 36.2 Å². The van der Waals surface area contributed by atoms with Crippen molar-refractivity contribution in [2.75, 3.05) is 36.5 Å². The molecular formula is C11H24BrNO2S. The van der Waals surface area contributed by atoms with Gasteiger partial charge >= 0.3 is 0 Å². The Morgan fingerprint density at radius 2 is 1.69 bits per heavy atom. The van der Waals surface area contributed by atoms with Crippen molar-refractivity contribution in [2.24, 2.45) is 0 Å². The lowest BCUT2D eigenvalue weighted by Gasteiger charge is -2.20. The Morgan fingerprint density at radius 3 is 2.19 bits per heavy atom. The van der Waals surface area contributed by atoms with Gasteiger partial charge in [0.15, 0.2) is 9.84 Å². The van der Waals surface area contributed by atoms with Crippen molar-refractivity contribution in [3.05, 3.63) is 0 Å². The van der Waals surface area contributed by atoms with Gasteiger partial charge in [-0.2, -0.15) is 0 Å². The summed E-state index contributed by atoms with van der Waals surface area (Å²) in [5.41, 5.74) is 0. The molecule has 0 aliphatic carbocycles. The third kappa shape index (κ3) is 8.53. The maximum atomic E-state index is 11.6. The molecule has 0 rings (SSSR count). The maximum absolute atomic E-state index is 11.6. The minimum atomic E-state index is -2.83. The first kappa shape index (κ1) is 16.4. The number of hydrogen-bond acceptors (Lipinski definition) is 3. The molecule has 0 aromatic heterocycles. The van der Waals surface area contributed by atoms with E-state index in [1.165, 1.54) is 0 Å². The molecule has 0 N–H and O–H groups in total. The maximum Gasteiger partial charge on any atom is 0.151 e. The van der Waals surface area contributed by atoms with Gasteiger partial charge in [-0.25, -0.2) is 8.42 Å². The minimum Gasteiger partial charge on any atom is -0.301 e. The van der Waals surface area contributed by atoms with E-state index in [-0.39, 0.29) is 0 Å². The van der Waals surface area contributed by atoms with Crippen molar-refractivity contribution in [1.29, 1.82) is 0 Å². The molecule has 3 nitrogen and oxygen atoms in total. The predicted molar refractivity (Wildman–Crippen MR) is 74.1 cm³/mol. The standard InChI is InChI=1S/C11H24BrNO2S/c1-3-5-7-13(8-6-12)9-11-16(14,15)10-4-2/h3-11H2,1-2H3. The van der Waals surface area contributed by atoms with Gasteiger partial charge in [0, 0.05) is 24.2 Å². The highest BCUT2D eigenvalue weighted by molar-refractivity contribution is 9.09. The number of nitrogens with zero attached hydrogens (tertiary/aromatic N) is 1. The van der Waals surface area contributed by atoms with Crippen LogP contribution in [0.3, 0.4) is 0 Å². The fourth-order valence-electron chi connectivity index (χ4n) is 1.52. The lowest BCUT2D eigenvalue weighted by atomic mass is 10.3. The number of sulfone groups is 1. The Kier molecular flexibility index (Phi) is 9.65. The van der Waals surface area contributed by atoms with Crippen LogP contribution < -0.4 is 0 Å². The van der Waals surface area contributed by atoms with E-state index in [1.807, 2.05) is 6.92 Å². The number of halogens is 1. The van der Waals surface area contributed by atoms with Gasteiger partial charge in [0.1, 0.15) is 0 Å². The van der Waals surface area contributed by atoms with E-state index < -0.39 is 9.84 Å². The van der Waals surface area contributed by atoms with Gasteiger partial charge in [0.25, 0.3) is 0 Å². The minimum absolute atomic E-state index is 0.303. The molecule has 0 heterocycles. The van der Waals surface area contributed by atoms with Gasteiger partial charge < -0.3 is 4.90 Å². The quantitative estimate of drug-likeness (QED) is 0.581. The van der Waals surface area contributed by atoms with Crippen LogP contribution >= 0.6 is 15.9 Å². The van der Waals surface area contributed by atoms with Gasteiger partial charge in [-0.3, -0.25) is 0 Å². The van der Waals surface area contributed by atoms with Crippen LogP contribution in [0.1, 0.15) is 33.1 Å². The van der Waals surface area contributed by atoms with Crippen LogP contribution in [-0.2, 0) is 9.84 Å². The van der Waals surface area contributed by atoms with Crippen LogP contribution in [0, 0.1) is 0 Å². The van der Waals surface area contributed by atoms with Crippen molar-refractivity contribution >= 4 is 25.8 Å². The predicted octanol–water partition coefficient (Wildman–Crippen LogP) is 2.31. The molecule has 0 amide bonds. The summed E-state index contributed by atoms with van der Waals surface area (Å²) in [6.45, 7) is 6.67. The summed E-state index contributed by atoms with van der Waals surface area (Å²) in [5, 5.41) is 0.907. The zero-order valence-electron chi connectivity index (χ0n) is 10.4. The summed E-state index contributed by atoms with van der Waals surface area (Å²) in [4.78, 5) is 2.23. The summed E-state index contributed by atoms with van der Waals surface area (Å²) in [7, 11) is -2.83. The Balaban J connectivity index is 3.99. The summed E-state index contributed by atoms with van der Waals surface area (Å²) in [6.07, 6.45) is 3.01. The highest BCUT2D eigenvalue weighted by Crippen LogP contribution is 2.00. The molecule has 0 aliphatic rings. The molecule has 0 spiro atoms. The monoisotopic (exact) mass is 313 g/mol. The van der Waals surface area contributed by atoms with Gasteiger partial charge in [0.05, 0.1) is 5.75 Å². The van der Waals surface area contributed by atoms with E-state index >= 15 is 0 Å². The van der Waals surface area contributed by atoms with Crippen LogP contribution in [0.4, 0.5) is 0 Å². The van der Waals surface area contributed by atoms with E-state index in [9.17, 15) is 8.42 Å². The van der Waals surface area contributed by atoms with E-state index in [0.29, 0.717) is 18.1 Å². The lowest BCUT2D eigenvalue weighted by molar-refractivity contribution is 0.302. The number of hydrogen-bond donors (Lipinski definition) is 0. The van der Waals surface area contributed by atoms with Gasteiger partial charge in [-0.05, 0) is 19.4 Å². The summed E-state index contributed by atoms with van der Waals surface area (Å²) in [5.74, 6) is 0.625. The van der Waals surface area contributed by atoms with Crippen molar-refractivity contribution in [3.8, 4) is 0 Å². The van der Waals surface area contributed by atoms with Crippen LogP contribution in [0.15, 0.2) is 0 Å². The van der Waals surface area contributed by atoms with Crippen molar-refractivity contribution in [3.63, 3.8) is 0 Å². The lowest BCUT2D eigenvalue weighted by Crippen LogP contribution is -2.32. The van der Waals surface area contributed by atoms with Gasteiger partial charge in [-0.15, -0.1) is 0 Å². The number of rotatable bonds is 10. The SMILES string of the molecule is CCCCN(CCBr)CCS(=O)(=O)CCC. The molecule has 5 heteroatoms. The van der Waals surface area contributed by atoms with Gasteiger partial charge in [0.2, 0.25) is 0 Å².